The van der Waals surface area contributed by atoms with Crippen LogP contribution < -0.4 is 5.32 Å². The average molecular weight is 629 g/mol. The van der Waals surface area contributed by atoms with Gasteiger partial charge in [-0.3, -0.25) is 15.3 Å². The number of hydrogen-bond donors (Lipinski definition) is 1. The summed E-state index contributed by atoms with van der Waals surface area (Å²) in [6, 6.07) is 52.5. The van der Waals surface area contributed by atoms with Crippen LogP contribution in [0.2, 0.25) is 0 Å². The van der Waals surface area contributed by atoms with E-state index in [4.69, 9.17) is 15.0 Å². The van der Waals surface area contributed by atoms with Crippen LogP contribution in [-0.2, 0) is 16.9 Å². The Balaban J connectivity index is 1.53. The predicted molar refractivity (Wildman–Crippen MR) is 187 cm³/mol. The summed E-state index contributed by atoms with van der Waals surface area (Å²) in [5.74, 6) is -0.881. The molecule has 2 unspecified atom stereocenters. The standard InChI is InChI=1S/C42H30F2N4/c43-36-25-13-23-34(27-36)41(45-29-38(46-41)30-15-5-1-6-16-30)42(35-24-14-26-37(44)28-35)47-39(31-17-7-2-8-18-31)40(48-42,32-19-9-3-10-20-32)33-21-11-4-12-22-33/h1-29,48H. The Labute approximate surface area is 277 Å². The highest BCUT2D eigenvalue weighted by Crippen LogP contribution is 2.55. The number of nitrogens with one attached hydrogen (secondary N) is 1. The maximum Gasteiger partial charge on any atom is 0.218 e. The monoisotopic (exact) mass is 628 g/mol. The molecule has 0 spiro atoms. The molecule has 6 aromatic rings. The second-order valence-electron chi connectivity index (χ2n) is 12.0. The Morgan fingerprint density at radius 3 is 1.50 bits per heavy atom. The summed E-state index contributed by atoms with van der Waals surface area (Å²) in [7, 11) is 0. The van der Waals surface area contributed by atoms with Gasteiger partial charge < -0.3 is 0 Å². The van der Waals surface area contributed by atoms with Gasteiger partial charge in [0.05, 0.1) is 17.6 Å². The molecule has 0 radical (unpaired) electrons. The summed E-state index contributed by atoms with van der Waals surface area (Å²) in [5, 5.41) is 4.00. The van der Waals surface area contributed by atoms with Crippen molar-refractivity contribution in [3.8, 4) is 0 Å². The van der Waals surface area contributed by atoms with Crippen molar-refractivity contribution in [1.29, 1.82) is 0 Å². The van der Waals surface area contributed by atoms with Gasteiger partial charge in [0, 0.05) is 16.7 Å². The molecular formula is C42H30F2N4. The molecule has 48 heavy (non-hydrogen) atoms. The first-order valence-corrected chi connectivity index (χ1v) is 15.8. The van der Waals surface area contributed by atoms with Gasteiger partial charge in [-0.15, -0.1) is 0 Å². The van der Waals surface area contributed by atoms with Crippen molar-refractivity contribution in [2.45, 2.75) is 16.9 Å². The number of aliphatic imine (C=N–C) groups is 3. The van der Waals surface area contributed by atoms with Crippen molar-refractivity contribution >= 4 is 17.6 Å². The van der Waals surface area contributed by atoms with Crippen molar-refractivity contribution in [3.05, 3.63) is 215 Å². The minimum atomic E-state index is -1.60. The lowest BCUT2D eigenvalue weighted by Crippen LogP contribution is -2.59. The molecule has 0 saturated carbocycles. The molecule has 6 aromatic carbocycles. The summed E-state index contributed by atoms with van der Waals surface area (Å²) < 4.78 is 30.8. The minimum absolute atomic E-state index is 0.439. The van der Waals surface area contributed by atoms with E-state index in [1.54, 1.807) is 18.3 Å². The highest BCUT2D eigenvalue weighted by Gasteiger charge is 2.64. The molecule has 2 heterocycles. The van der Waals surface area contributed by atoms with Crippen LogP contribution in [0.15, 0.2) is 185 Å². The molecule has 0 aliphatic carbocycles. The van der Waals surface area contributed by atoms with Crippen molar-refractivity contribution in [3.63, 3.8) is 0 Å². The van der Waals surface area contributed by atoms with Gasteiger partial charge in [0.25, 0.3) is 0 Å². The molecule has 0 amide bonds. The normalized spacial score (nSPS) is 21.1. The van der Waals surface area contributed by atoms with Gasteiger partial charge in [0.1, 0.15) is 17.2 Å². The fraction of sp³-hybridized carbons (Fsp3) is 0.0714. The van der Waals surface area contributed by atoms with Crippen LogP contribution in [-0.4, -0.2) is 17.6 Å². The van der Waals surface area contributed by atoms with Crippen LogP contribution in [0, 0.1) is 11.6 Å². The van der Waals surface area contributed by atoms with Gasteiger partial charge in [0.15, 0.2) is 5.66 Å². The average Bonchev–Trinajstić information content (AvgIpc) is 3.77. The lowest BCUT2D eigenvalue weighted by atomic mass is 9.75. The van der Waals surface area contributed by atoms with E-state index in [1.807, 2.05) is 109 Å². The SMILES string of the molecule is Fc1cccc(C2(C3(c4cccc(F)c4)N=C(c4ccccc4)C(c4ccccc4)(c4ccccc4)N3)N=CC(c3ccccc3)=N2)c1. The van der Waals surface area contributed by atoms with E-state index in [9.17, 15) is 0 Å². The summed E-state index contributed by atoms with van der Waals surface area (Å²) in [6.45, 7) is 0. The fourth-order valence-electron chi connectivity index (χ4n) is 7.03. The number of nitrogens with zero attached hydrogens (tertiary/aromatic N) is 3. The molecule has 4 nitrogen and oxygen atoms in total. The van der Waals surface area contributed by atoms with E-state index in [1.165, 1.54) is 24.3 Å². The maximum absolute atomic E-state index is 15.5. The number of halogens is 2. The third-order valence-electron chi connectivity index (χ3n) is 9.16. The Hall–Kier alpha value is -5.85. The van der Waals surface area contributed by atoms with Gasteiger partial charge in [-0.25, -0.2) is 13.8 Å². The number of benzene rings is 6. The Bertz CT molecular complexity index is 2140. The Morgan fingerprint density at radius 1 is 0.458 bits per heavy atom. The molecule has 0 saturated heterocycles. The first kappa shape index (κ1) is 29.5. The zero-order valence-electron chi connectivity index (χ0n) is 25.8. The summed E-state index contributed by atoms with van der Waals surface area (Å²) in [4.78, 5) is 16.3. The third-order valence-corrected chi connectivity index (χ3v) is 9.16. The fourth-order valence-corrected chi connectivity index (χ4v) is 7.03. The van der Waals surface area contributed by atoms with E-state index in [2.05, 4.69) is 29.6 Å². The molecular weight excluding hydrogens is 598 g/mol. The Kier molecular flexibility index (Phi) is 7.23. The second kappa shape index (κ2) is 11.7. The first-order valence-electron chi connectivity index (χ1n) is 15.8. The molecule has 6 heteroatoms. The summed E-state index contributed by atoms with van der Waals surface area (Å²) >= 11 is 0. The molecule has 2 atom stereocenters. The van der Waals surface area contributed by atoms with Crippen LogP contribution in [0.1, 0.15) is 33.4 Å². The number of hydrogen-bond acceptors (Lipinski definition) is 4. The summed E-state index contributed by atoms with van der Waals surface area (Å²) in [6.07, 6.45) is 1.71. The van der Waals surface area contributed by atoms with Crippen LogP contribution in [0.5, 0.6) is 0 Å². The van der Waals surface area contributed by atoms with Crippen LogP contribution in [0.25, 0.3) is 0 Å². The van der Waals surface area contributed by atoms with E-state index in [0.717, 1.165) is 22.3 Å². The highest BCUT2D eigenvalue weighted by atomic mass is 19.1. The molecule has 0 fully saturated rings. The molecule has 8 rings (SSSR count). The molecule has 2 aliphatic rings. The van der Waals surface area contributed by atoms with E-state index in [-0.39, 0.29) is 0 Å². The maximum atomic E-state index is 15.5. The lowest BCUT2D eigenvalue weighted by Gasteiger charge is -2.44. The van der Waals surface area contributed by atoms with Crippen LogP contribution in [0.3, 0.4) is 0 Å². The molecule has 0 aromatic heterocycles. The first-order chi connectivity index (χ1) is 23.5. The number of rotatable bonds is 7. The molecule has 0 bridgehead atoms. The van der Waals surface area contributed by atoms with Crippen molar-refractivity contribution in [1.82, 2.24) is 5.32 Å². The highest BCUT2D eigenvalue weighted by molar-refractivity contribution is 6.39. The quantitative estimate of drug-likeness (QED) is 0.189. The zero-order valence-corrected chi connectivity index (χ0v) is 25.8. The van der Waals surface area contributed by atoms with Crippen molar-refractivity contribution < 1.29 is 8.78 Å². The van der Waals surface area contributed by atoms with E-state index >= 15 is 8.78 Å². The van der Waals surface area contributed by atoms with Gasteiger partial charge in [-0.2, -0.15) is 0 Å². The molecule has 1 N–H and O–H groups in total. The lowest BCUT2D eigenvalue weighted by molar-refractivity contribution is 0.180. The van der Waals surface area contributed by atoms with Crippen molar-refractivity contribution in [2.24, 2.45) is 15.0 Å². The predicted octanol–water partition coefficient (Wildman–Crippen LogP) is 8.58. The van der Waals surface area contributed by atoms with E-state index < -0.39 is 28.5 Å². The smallest absolute Gasteiger partial charge is 0.218 e. The Morgan fingerprint density at radius 2 is 0.938 bits per heavy atom. The third kappa shape index (κ3) is 4.64. The van der Waals surface area contributed by atoms with Crippen LogP contribution in [0.4, 0.5) is 8.78 Å². The molecule has 2 aliphatic heterocycles. The molecule has 232 valence electrons. The van der Waals surface area contributed by atoms with Gasteiger partial charge in [-0.1, -0.05) is 146 Å². The largest absolute Gasteiger partial charge is 0.267 e. The van der Waals surface area contributed by atoms with Crippen LogP contribution >= 0.6 is 0 Å². The topological polar surface area (TPSA) is 49.1 Å². The summed E-state index contributed by atoms with van der Waals surface area (Å²) in [5.41, 5.74) is 1.55. The van der Waals surface area contributed by atoms with E-state index in [0.29, 0.717) is 22.6 Å². The van der Waals surface area contributed by atoms with Gasteiger partial charge in [0.2, 0.25) is 5.66 Å². The van der Waals surface area contributed by atoms with Gasteiger partial charge >= 0.3 is 0 Å². The minimum Gasteiger partial charge on any atom is -0.267 e. The van der Waals surface area contributed by atoms with Crippen molar-refractivity contribution in [2.75, 3.05) is 0 Å². The second-order valence-corrected chi connectivity index (χ2v) is 12.0. The van der Waals surface area contributed by atoms with Gasteiger partial charge in [-0.05, 0) is 41.0 Å². The zero-order chi connectivity index (χ0) is 32.6.